The smallest absolute Gasteiger partial charge is 0.187 e. The quantitative estimate of drug-likeness (QED) is 0.477. The lowest BCUT2D eigenvalue weighted by Gasteiger charge is -2.08. The first-order valence-corrected chi connectivity index (χ1v) is 6.62. The normalized spacial score (nSPS) is 11.3. The van der Waals surface area contributed by atoms with E-state index in [9.17, 15) is 9.59 Å². The van der Waals surface area contributed by atoms with E-state index in [0.29, 0.717) is 21.3 Å². The Morgan fingerprint density at radius 3 is 2.55 bits per heavy atom. The van der Waals surface area contributed by atoms with E-state index >= 15 is 0 Å². The number of rotatable bonds is 7. The van der Waals surface area contributed by atoms with Crippen molar-refractivity contribution in [2.75, 3.05) is 13.8 Å². The Morgan fingerprint density at radius 2 is 2.00 bits per heavy atom. The molecule has 0 amide bonds. The molecule has 0 saturated heterocycles. The molecule has 20 heavy (non-hydrogen) atoms. The molecule has 1 rings (SSSR count). The van der Waals surface area contributed by atoms with Gasteiger partial charge >= 0.3 is 0 Å². The van der Waals surface area contributed by atoms with Crippen LogP contribution in [0.15, 0.2) is 30.0 Å². The summed E-state index contributed by atoms with van der Waals surface area (Å²) in [6.45, 7) is 1.67. The number of nitrogens with one attached hydrogen (secondary N) is 1. The highest BCUT2D eigenvalue weighted by Crippen LogP contribution is 2.23. The highest BCUT2D eigenvalue weighted by atomic mass is 35.5. The molecule has 0 radical (unpaired) electrons. The van der Waals surface area contributed by atoms with Crippen LogP contribution in [0.5, 0.6) is 0 Å². The monoisotopic (exact) mass is 315 g/mol. The van der Waals surface area contributed by atoms with E-state index in [-0.39, 0.29) is 24.7 Å². The maximum absolute atomic E-state index is 12.1. The Labute approximate surface area is 127 Å². The lowest BCUT2D eigenvalue weighted by molar-refractivity contribution is -0.116. The molecule has 4 nitrogen and oxygen atoms in total. The number of allylic oxidation sites excluding steroid dienone is 2. The zero-order chi connectivity index (χ0) is 15.1. The highest BCUT2D eigenvalue weighted by Gasteiger charge is 2.09. The second kappa shape index (κ2) is 8.04. The number of carbonyl (C=O) groups excluding carboxylic acids is 2. The minimum absolute atomic E-state index is 0.0539. The van der Waals surface area contributed by atoms with Crippen molar-refractivity contribution in [2.24, 2.45) is 0 Å². The number of methoxy groups -OCH3 is 1. The van der Waals surface area contributed by atoms with Crippen LogP contribution in [0.1, 0.15) is 23.7 Å². The Morgan fingerprint density at radius 1 is 1.30 bits per heavy atom. The van der Waals surface area contributed by atoms with Gasteiger partial charge in [0.15, 0.2) is 5.78 Å². The average molecular weight is 316 g/mol. The van der Waals surface area contributed by atoms with Gasteiger partial charge in [0.1, 0.15) is 12.5 Å². The van der Waals surface area contributed by atoms with Crippen molar-refractivity contribution < 1.29 is 14.3 Å². The molecule has 0 spiro atoms. The zero-order valence-corrected chi connectivity index (χ0v) is 12.7. The standard InChI is InChI=1S/C14H15Cl2NO3/c1-9(18)5-11(17-8-20-2)7-14(19)10-3-4-12(15)13(16)6-10/h3-4,6-7,17H,5,8H2,1-2H3. The number of Topliss-reactive ketones (excluding diaryl/α,β-unsaturated/α-hetero) is 1. The largest absolute Gasteiger partial charge is 0.366 e. The summed E-state index contributed by atoms with van der Waals surface area (Å²) in [6.07, 6.45) is 1.50. The third kappa shape index (κ3) is 5.33. The van der Waals surface area contributed by atoms with Crippen molar-refractivity contribution in [1.82, 2.24) is 5.32 Å². The summed E-state index contributed by atoms with van der Waals surface area (Å²) in [5.74, 6) is -0.315. The van der Waals surface area contributed by atoms with Crippen LogP contribution >= 0.6 is 23.2 Å². The number of halogens is 2. The summed E-state index contributed by atoms with van der Waals surface area (Å²) < 4.78 is 4.86. The first kappa shape index (κ1) is 16.7. The second-order valence-electron chi connectivity index (χ2n) is 4.15. The van der Waals surface area contributed by atoms with Gasteiger partial charge < -0.3 is 10.1 Å². The Kier molecular flexibility index (Phi) is 6.71. The van der Waals surface area contributed by atoms with Crippen molar-refractivity contribution >= 4 is 34.8 Å². The molecule has 1 N–H and O–H groups in total. The molecule has 6 heteroatoms. The van der Waals surface area contributed by atoms with E-state index in [1.54, 1.807) is 12.1 Å². The molecular weight excluding hydrogens is 301 g/mol. The van der Waals surface area contributed by atoms with Crippen LogP contribution in [0.25, 0.3) is 0 Å². The van der Waals surface area contributed by atoms with E-state index in [4.69, 9.17) is 27.9 Å². The van der Waals surface area contributed by atoms with Crippen molar-refractivity contribution in [3.05, 3.63) is 45.6 Å². The fraction of sp³-hybridized carbons (Fsp3) is 0.286. The van der Waals surface area contributed by atoms with Crippen molar-refractivity contribution in [3.8, 4) is 0 Å². The number of hydrogen-bond donors (Lipinski definition) is 1. The minimum Gasteiger partial charge on any atom is -0.366 e. The lowest BCUT2D eigenvalue weighted by Crippen LogP contribution is -2.19. The van der Waals surface area contributed by atoms with E-state index in [0.717, 1.165) is 0 Å². The molecule has 0 fully saturated rings. The van der Waals surface area contributed by atoms with Gasteiger partial charge in [0.25, 0.3) is 0 Å². The third-order valence-corrected chi connectivity index (χ3v) is 3.13. The molecule has 0 aliphatic rings. The van der Waals surface area contributed by atoms with Crippen LogP contribution in [0.3, 0.4) is 0 Å². The van der Waals surface area contributed by atoms with Crippen LogP contribution in [0, 0.1) is 0 Å². The van der Waals surface area contributed by atoms with Crippen molar-refractivity contribution in [1.29, 1.82) is 0 Å². The summed E-state index contributed by atoms with van der Waals surface area (Å²) in [5.41, 5.74) is 0.898. The predicted octanol–water partition coefficient (Wildman–Crippen LogP) is 3.23. The van der Waals surface area contributed by atoms with Gasteiger partial charge in [0, 0.05) is 30.9 Å². The summed E-state index contributed by atoms with van der Waals surface area (Å²) in [5, 5.41) is 3.56. The van der Waals surface area contributed by atoms with Gasteiger partial charge in [-0.15, -0.1) is 0 Å². The fourth-order valence-electron chi connectivity index (χ4n) is 1.49. The van der Waals surface area contributed by atoms with Crippen LogP contribution < -0.4 is 5.32 Å². The topological polar surface area (TPSA) is 55.4 Å². The molecule has 0 heterocycles. The summed E-state index contributed by atoms with van der Waals surface area (Å²) in [6, 6.07) is 4.62. The first-order valence-electron chi connectivity index (χ1n) is 5.86. The third-order valence-electron chi connectivity index (χ3n) is 2.39. The van der Waals surface area contributed by atoms with Gasteiger partial charge in [-0.05, 0) is 25.1 Å². The van der Waals surface area contributed by atoms with E-state index in [2.05, 4.69) is 5.32 Å². The van der Waals surface area contributed by atoms with Crippen LogP contribution in [0.2, 0.25) is 10.0 Å². The molecule has 0 atom stereocenters. The molecule has 0 saturated carbocycles. The van der Waals surface area contributed by atoms with Gasteiger partial charge in [-0.2, -0.15) is 0 Å². The summed E-state index contributed by atoms with van der Waals surface area (Å²) >= 11 is 11.7. The number of hydrogen-bond acceptors (Lipinski definition) is 4. The maximum atomic E-state index is 12.1. The summed E-state index contributed by atoms with van der Waals surface area (Å²) in [7, 11) is 1.51. The van der Waals surface area contributed by atoms with Gasteiger partial charge in [-0.1, -0.05) is 23.2 Å². The average Bonchev–Trinajstić information content (AvgIpc) is 2.38. The SMILES string of the molecule is COCNC(=CC(=O)c1ccc(Cl)c(Cl)c1)CC(C)=O. The summed E-state index contributed by atoms with van der Waals surface area (Å²) in [4.78, 5) is 23.3. The molecule has 0 bridgehead atoms. The van der Waals surface area contributed by atoms with Gasteiger partial charge in [0.2, 0.25) is 0 Å². The van der Waals surface area contributed by atoms with Crippen molar-refractivity contribution in [2.45, 2.75) is 13.3 Å². The number of benzene rings is 1. The van der Waals surface area contributed by atoms with Gasteiger partial charge in [-0.3, -0.25) is 9.59 Å². The fourth-order valence-corrected chi connectivity index (χ4v) is 1.79. The number of ether oxygens (including phenoxy) is 1. The lowest BCUT2D eigenvalue weighted by atomic mass is 10.1. The Balaban J connectivity index is 2.93. The Hall–Kier alpha value is -1.36. The van der Waals surface area contributed by atoms with E-state index < -0.39 is 0 Å². The first-order chi connectivity index (χ1) is 9.43. The molecule has 108 valence electrons. The molecule has 0 aliphatic heterocycles. The van der Waals surface area contributed by atoms with E-state index in [1.807, 2.05) is 0 Å². The second-order valence-corrected chi connectivity index (χ2v) is 4.97. The number of carbonyl (C=O) groups is 2. The molecule has 0 aromatic heterocycles. The molecular formula is C14H15Cl2NO3. The highest BCUT2D eigenvalue weighted by molar-refractivity contribution is 6.42. The maximum Gasteiger partial charge on any atom is 0.187 e. The van der Waals surface area contributed by atoms with Gasteiger partial charge in [0.05, 0.1) is 10.0 Å². The van der Waals surface area contributed by atoms with E-state index in [1.165, 1.54) is 26.2 Å². The molecule has 0 aliphatic carbocycles. The Bertz CT molecular complexity index is 541. The molecule has 1 aromatic carbocycles. The van der Waals surface area contributed by atoms with Crippen molar-refractivity contribution in [3.63, 3.8) is 0 Å². The number of ketones is 2. The molecule has 0 unspecified atom stereocenters. The predicted molar refractivity (Wildman–Crippen MR) is 79.2 cm³/mol. The van der Waals surface area contributed by atoms with Gasteiger partial charge in [-0.25, -0.2) is 0 Å². The molecule has 1 aromatic rings. The zero-order valence-electron chi connectivity index (χ0n) is 11.2. The minimum atomic E-state index is -0.261. The van der Waals surface area contributed by atoms with Crippen LogP contribution in [-0.4, -0.2) is 25.4 Å². The van der Waals surface area contributed by atoms with Crippen LogP contribution in [-0.2, 0) is 9.53 Å². The van der Waals surface area contributed by atoms with Crippen LogP contribution in [0.4, 0.5) is 0 Å².